The van der Waals surface area contributed by atoms with Crippen LogP contribution in [0.4, 0.5) is 5.69 Å². The quantitative estimate of drug-likeness (QED) is 0.220. The van der Waals surface area contributed by atoms with E-state index in [4.69, 9.17) is 34.8 Å². The van der Waals surface area contributed by atoms with Gasteiger partial charge in [-0.1, -0.05) is 106 Å². The molecule has 0 heterocycles. The van der Waals surface area contributed by atoms with E-state index >= 15 is 0 Å². The maximum Gasteiger partial charge on any atom is 0.244 e. The summed E-state index contributed by atoms with van der Waals surface area (Å²) in [4.78, 5) is 29.6. The molecular formula is C30H31BrCl3N3O4S. The zero-order valence-corrected chi connectivity index (χ0v) is 27.6. The summed E-state index contributed by atoms with van der Waals surface area (Å²) >= 11 is 22.1. The number of anilines is 1. The number of carbonyl (C=O) groups excluding carboxylic acids is 2. The molecule has 0 radical (unpaired) electrons. The number of carbonyl (C=O) groups is 2. The summed E-state index contributed by atoms with van der Waals surface area (Å²) < 4.78 is 27.7. The van der Waals surface area contributed by atoms with Crippen molar-refractivity contribution in [1.82, 2.24) is 10.2 Å². The van der Waals surface area contributed by atoms with Crippen LogP contribution >= 0.6 is 50.7 Å². The SMILES string of the molecule is CS(=O)(=O)N(CC(=O)N(Cc1cccc(Br)c1)[C@@H](Cc1ccccc1)C(=O)NC1CCCC1)c1cc(Cl)c(Cl)cc1Cl. The summed E-state index contributed by atoms with van der Waals surface area (Å²) in [6.07, 6.45) is 5.03. The lowest BCUT2D eigenvalue weighted by Gasteiger charge is -2.34. The van der Waals surface area contributed by atoms with Gasteiger partial charge in [0.25, 0.3) is 0 Å². The average Bonchev–Trinajstić information content (AvgIpc) is 3.44. The van der Waals surface area contributed by atoms with Crippen LogP contribution in [-0.4, -0.2) is 50.0 Å². The highest BCUT2D eigenvalue weighted by Crippen LogP contribution is 2.36. The van der Waals surface area contributed by atoms with Gasteiger partial charge in [0.05, 0.1) is 27.0 Å². The average molecular weight is 716 g/mol. The number of rotatable bonds is 11. The molecule has 1 aliphatic rings. The Hall–Kier alpha value is -2.30. The van der Waals surface area contributed by atoms with Gasteiger partial charge in [0, 0.05) is 23.5 Å². The van der Waals surface area contributed by atoms with Crippen LogP contribution in [0.1, 0.15) is 36.8 Å². The van der Waals surface area contributed by atoms with Crippen molar-refractivity contribution in [1.29, 1.82) is 0 Å². The molecule has 1 atom stereocenters. The van der Waals surface area contributed by atoms with E-state index in [0.717, 1.165) is 51.8 Å². The second kappa shape index (κ2) is 14.4. The lowest BCUT2D eigenvalue weighted by molar-refractivity contribution is -0.140. The van der Waals surface area contributed by atoms with Gasteiger partial charge in [-0.2, -0.15) is 0 Å². The largest absolute Gasteiger partial charge is 0.352 e. The second-order valence-corrected chi connectivity index (χ2v) is 14.4. The zero-order chi connectivity index (χ0) is 30.4. The van der Waals surface area contributed by atoms with Gasteiger partial charge >= 0.3 is 0 Å². The summed E-state index contributed by atoms with van der Waals surface area (Å²) in [6.45, 7) is -0.535. The fraction of sp³-hybridized carbons (Fsp3) is 0.333. The minimum Gasteiger partial charge on any atom is -0.352 e. The number of sulfonamides is 1. The van der Waals surface area contributed by atoms with Gasteiger partial charge in [-0.15, -0.1) is 0 Å². The van der Waals surface area contributed by atoms with E-state index in [2.05, 4.69) is 21.2 Å². The first-order chi connectivity index (χ1) is 19.9. The van der Waals surface area contributed by atoms with Crippen LogP contribution in [0.3, 0.4) is 0 Å². The third-order valence-electron chi connectivity index (χ3n) is 7.15. The number of hydrogen-bond acceptors (Lipinski definition) is 4. The molecule has 0 aromatic heterocycles. The minimum absolute atomic E-state index is 0.0133. The molecule has 0 saturated heterocycles. The number of nitrogens with zero attached hydrogens (tertiary/aromatic N) is 2. The Labute approximate surface area is 270 Å². The lowest BCUT2D eigenvalue weighted by Crippen LogP contribution is -2.54. The maximum absolute atomic E-state index is 14.2. The van der Waals surface area contributed by atoms with Gasteiger partial charge in [-0.05, 0) is 48.2 Å². The molecule has 0 unspecified atom stereocenters. The van der Waals surface area contributed by atoms with E-state index in [-0.39, 0.29) is 45.7 Å². The number of hydrogen-bond donors (Lipinski definition) is 1. The molecule has 7 nitrogen and oxygen atoms in total. The van der Waals surface area contributed by atoms with E-state index in [0.29, 0.717) is 0 Å². The Kier molecular flexibility index (Phi) is 11.2. The number of benzene rings is 3. The number of halogens is 4. The predicted molar refractivity (Wildman–Crippen MR) is 173 cm³/mol. The summed E-state index contributed by atoms with van der Waals surface area (Å²) in [5, 5.41) is 3.39. The van der Waals surface area contributed by atoms with Gasteiger partial charge in [-0.3, -0.25) is 13.9 Å². The van der Waals surface area contributed by atoms with Crippen LogP contribution in [0, 0.1) is 0 Å². The van der Waals surface area contributed by atoms with Crippen molar-refractivity contribution < 1.29 is 18.0 Å². The number of amides is 2. The molecule has 0 aliphatic heterocycles. The van der Waals surface area contributed by atoms with E-state index in [1.165, 1.54) is 17.0 Å². The van der Waals surface area contributed by atoms with Crippen LogP contribution in [0.15, 0.2) is 71.2 Å². The van der Waals surface area contributed by atoms with Crippen LogP contribution in [0.2, 0.25) is 15.1 Å². The smallest absolute Gasteiger partial charge is 0.244 e. The van der Waals surface area contributed by atoms with Crippen molar-refractivity contribution in [3.8, 4) is 0 Å². The number of nitrogens with one attached hydrogen (secondary N) is 1. The first-order valence-corrected chi connectivity index (χ1v) is 17.2. The highest BCUT2D eigenvalue weighted by atomic mass is 79.9. The molecule has 12 heteroatoms. The highest BCUT2D eigenvalue weighted by Gasteiger charge is 2.34. The fourth-order valence-electron chi connectivity index (χ4n) is 5.05. The van der Waals surface area contributed by atoms with Gasteiger partial charge in [0.2, 0.25) is 21.8 Å². The van der Waals surface area contributed by atoms with Crippen molar-refractivity contribution in [2.45, 2.75) is 50.7 Å². The third kappa shape index (κ3) is 8.63. The zero-order valence-electron chi connectivity index (χ0n) is 22.9. The van der Waals surface area contributed by atoms with Crippen LogP contribution in [-0.2, 0) is 32.6 Å². The van der Waals surface area contributed by atoms with E-state index < -0.39 is 28.5 Å². The second-order valence-electron chi connectivity index (χ2n) is 10.3. The molecule has 42 heavy (non-hydrogen) atoms. The van der Waals surface area contributed by atoms with Crippen molar-refractivity contribution in [2.75, 3.05) is 17.1 Å². The molecule has 2 amide bonds. The normalized spacial score (nSPS) is 14.4. The van der Waals surface area contributed by atoms with Crippen LogP contribution in [0.5, 0.6) is 0 Å². The molecule has 0 spiro atoms. The lowest BCUT2D eigenvalue weighted by atomic mass is 10.0. The van der Waals surface area contributed by atoms with E-state index in [9.17, 15) is 18.0 Å². The summed E-state index contributed by atoms with van der Waals surface area (Å²) in [7, 11) is -4.01. The monoisotopic (exact) mass is 713 g/mol. The van der Waals surface area contributed by atoms with Gasteiger partial charge < -0.3 is 10.2 Å². The Balaban J connectivity index is 1.75. The Morgan fingerprint density at radius 1 is 0.929 bits per heavy atom. The first-order valence-electron chi connectivity index (χ1n) is 13.4. The summed E-state index contributed by atoms with van der Waals surface area (Å²) in [6, 6.07) is 18.6. The van der Waals surface area contributed by atoms with Gasteiger partial charge in [0.1, 0.15) is 12.6 Å². The molecule has 0 bridgehead atoms. The molecule has 1 aliphatic carbocycles. The third-order valence-corrected chi connectivity index (χ3v) is 9.80. The topological polar surface area (TPSA) is 86.8 Å². The predicted octanol–water partition coefficient (Wildman–Crippen LogP) is 6.87. The molecular weight excluding hydrogens is 685 g/mol. The Morgan fingerprint density at radius 2 is 1.57 bits per heavy atom. The molecule has 4 rings (SSSR count). The fourth-order valence-corrected chi connectivity index (χ4v) is 7.04. The van der Waals surface area contributed by atoms with Crippen LogP contribution in [0.25, 0.3) is 0 Å². The van der Waals surface area contributed by atoms with E-state index in [1.807, 2.05) is 54.6 Å². The molecule has 3 aromatic carbocycles. The van der Waals surface area contributed by atoms with Crippen molar-refractivity contribution in [3.05, 3.63) is 97.4 Å². The summed E-state index contributed by atoms with van der Waals surface area (Å²) in [5.74, 6) is -0.863. The summed E-state index contributed by atoms with van der Waals surface area (Å²) in [5.41, 5.74) is 1.64. The van der Waals surface area contributed by atoms with Gasteiger partial charge in [0.15, 0.2) is 0 Å². The highest BCUT2D eigenvalue weighted by molar-refractivity contribution is 9.10. The molecule has 1 N–H and O–H groups in total. The molecule has 1 fully saturated rings. The maximum atomic E-state index is 14.2. The molecule has 1 saturated carbocycles. The van der Waals surface area contributed by atoms with Gasteiger partial charge in [-0.25, -0.2) is 8.42 Å². The van der Waals surface area contributed by atoms with E-state index in [1.54, 1.807) is 0 Å². The molecule has 3 aromatic rings. The van der Waals surface area contributed by atoms with Crippen LogP contribution < -0.4 is 9.62 Å². The first kappa shape index (κ1) is 32.6. The Bertz CT molecular complexity index is 1540. The minimum atomic E-state index is -4.01. The standard InChI is InChI=1S/C30H31BrCl3N3O4S/c1-42(40,41)37(27-17-25(33)24(32)16-26(27)34)19-29(38)36(18-21-10-7-11-22(31)14-21)28(15-20-8-3-2-4-9-20)30(39)35-23-12-5-6-13-23/h2-4,7-11,14,16-17,23,28H,5-6,12-13,15,18-19H2,1H3,(H,35,39)/t28-/m0/s1. The molecule has 224 valence electrons. The van der Waals surface area contributed by atoms with Crippen molar-refractivity contribution in [2.24, 2.45) is 0 Å². The Morgan fingerprint density at radius 3 is 2.21 bits per heavy atom. The van der Waals surface area contributed by atoms with Crippen molar-refractivity contribution in [3.63, 3.8) is 0 Å². The van der Waals surface area contributed by atoms with Crippen molar-refractivity contribution >= 4 is 78.3 Å².